The molecule has 1 heterocycles. The number of benzene rings is 2. The van der Waals surface area contributed by atoms with Crippen molar-refractivity contribution in [1.29, 1.82) is 0 Å². The third kappa shape index (κ3) is 5.96. The van der Waals surface area contributed by atoms with Gasteiger partial charge in [0, 0.05) is 13.1 Å². The Morgan fingerprint density at radius 2 is 1.52 bits per heavy atom. The molecule has 0 saturated carbocycles. The molecule has 25 heavy (non-hydrogen) atoms. The molecule has 0 radical (unpaired) electrons. The van der Waals surface area contributed by atoms with Crippen molar-refractivity contribution >= 4 is 10.0 Å². The summed E-state index contributed by atoms with van der Waals surface area (Å²) in [6.07, 6.45) is 3.89. The first-order chi connectivity index (χ1) is 12.1. The number of piperidine rings is 1. The highest BCUT2D eigenvalue weighted by Gasteiger charge is 2.12. The van der Waals surface area contributed by atoms with E-state index in [9.17, 15) is 8.42 Å². The summed E-state index contributed by atoms with van der Waals surface area (Å²) in [4.78, 5) is 2.47. The topological polar surface area (TPSA) is 49.4 Å². The van der Waals surface area contributed by atoms with Crippen LogP contribution in [0, 0.1) is 0 Å². The van der Waals surface area contributed by atoms with Crippen LogP contribution in [0.2, 0.25) is 0 Å². The van der Waals surface area contributed by atoms with Gasteiger partial charge in [0.1, 0.15) is 0 Å². The highest BCUT2D eigenvalue weighted by Crippen LogP contribution is 2.14. The molecule has 0 aromatic heterocycles. The van der Waals surface area contributed by atoms with Crippen LogP contribution in [0.3, 0.4) is 0 Å². The van der Waals surface area contributed by atoms with E-state index in [4.69, 9.17) is 0 Å². The summed E-state index contributed by atoms with van der Waals surface area (Å²) in [5.74, 6) is 0.0152. The molecule has 0 aliphatic carbocycles. The number of hydrogen-bond donors (Lipinski definition) is 1. The Morgan fingerprint density at radius 3 is 2.28 bits per heavy atom. The van der Waals surface area contributed by atoms with Crippen LogP contribution in [0.4, 0.5) is 0 Å². The van der Waals surface area contributed by atoms with Gasteiger partial charge in [0.2, 0.25) is 10.0 Å². The molecule has 0 atom stereocenters. The molecule has 0 spiro atoms. The second kappa shape index (κ2) is 8.61. The van der Waals surface area contributed by atoms with Gasteiger partial charge in [-0.3, -0.25) is 4.90 Å². The van der Waals surface area contributed by atoms with E-state index in [1.54, 1.807) is 0 Å². The normalized spacial score (nSPS) is 16.0. The number of nitrogens with zero attached hydrogens (tertiary/aromatic N) is 1. The molecule has 4 nitrogen and oxygen atoms in total. The molecule has 0 bridgehead atoms. The lowest BCUT2D eigenvalue weighted by Gasteiger charge is -2.26. The van der Waals surface area contributed by atoms with Crippen molar-refractivity contribution in [2.75, 3.05) is 13.1 Å². The van der Waals surface area contributed by atoms with Gasteiger partial charge in [-0.25, -0.2) is 13.1 Å². The van der Waals surface area contributed by atoms with E-state index in [0.29, 0.717) is 6.54 Å². The fourth-order valence-corrected chi connectivity index (χ4v) is 4.37. The Hall–Kier alpha value is -1.69. The van der Waals surface area contributed by atoms with Crippen molar-refractivity contribution in [3.05, 3.63) is 71.3 Å². The van der Waals surface area contributed by atoms with Crippen LogP contribution in [0.25, 0.3) is 0 Å². The molecule has 1 saturated heterocycles. The van der Waals surface area contributed by atoms with Gasteiger partial charge in [-0.05, 0) is 42.6 Å². The molecule has 134 valence electrons. The van der Waals surface area contributed by atoms with Crippen molar-refractivity contribution in [1.82, 2.24) is 9.62 Å². The lowest BCUT2D eigenvalue weighted by molar-refractivity contribution is 0.221. The van der Waals surface area contributed by atoms with E-state index < -0.39 is 10.0 Å². The van der Waals surface area contributed by atoms with Crippen LogP contribution in [0.1, 0.15) is 36.0 Å². The van der Waals surface area contributed by atoms with E-state index in [1.807, 2.05) is 42.5 Å². The van der Waals surface area contributed by atoms with Gasteiger partial charge in [0.15, 0.2) is 0 Å². The number of likely N-dealkylation sites (tertiary alicyclic amines) is 1. The van der Waals surface area contributed by atoms with Crippen LogP contribution in [-0.2, 0) is 28.9 Å². The number of sulfonamides is 1. The molecule has 1 N–H and O–H groups in total. The van der Waals surface area contributed by atoms with Gasteiger partial charge in [-0.15, -0.1) is 0 Å². The molecule has 3 rings (SSSR count). The minimum atomic E-state index is -3.33. The Labute approximate surface area is 150 Å². The van der Waals surface area contributed by atoms with E-state index in [0.717, 1.165) is 30.8 Å². The Morgan fingerprint density at radius 1 is 0.840 bits per heavy atom. The van der Waals surface area contributed by atoms with Gasteiger partial charge in [0.05, 0.1) is 5.75 Å². The maximum atomic E-state index is 12.3. The average molecular weight is 359 g/mol. The molecule has 5 heteroatoms. The summed E-state index contributed by atoms with van der Waals surface area (Å²) in [5.41, 5.74) is 3.06. The first-order valence-electron chi connectivity index (χ1n) is 8.92. The molecular formula is C20H26N2O2S. The first-order valence-corrected chi connectivity index (χ1v) is 10.6. The quantitative estimate of drug-likeness (QED) is 0.826. The Balaban J connectivity index is 1.56. The Kier molecular flexibility index (Phi) is 6.24. The first kappa shape index (κ1) is 18.1. The smallest absolute Gasteiger partial charge is 0.216 e. The molecular weight excluding hydrogens is 332 g/mol. The lowest BCUT2D eigenvalue weighted by Crippen LogP contribution is -2.29. The van der Waals surface area contributed by atoms with E-state index in [-0.39, 0.29) is 5.75 Å². The highest BCUT2D eigenvalue weighted by atomic mass is 32.2. The average Bonchev–Trinajstić information content (AvgIpc) is 2.62. The van der Waals surface area contributed by atoms with Gasteiger partial charge in [-0.1, -0.05) is 61.0 Å². The van der Waals surface area contributed by atoms with Crippen molar-refractivity contribution in [3.8, 4) is 0 Å². The van der Waals surface area contributed by atoms with Gasteiger partial charge < -0.3 is 0 Å². The largest absolute Gasteiger partial charge is 0.299 e. The van der Waals surface area contributed by atoms with E-state index in [2.05, 4.69) is 21.8 Å². The Bertz CT molecular complexity index is 769. The number of rotatable bonds is 7. The minimum Gasteiger partial charge on any atom is -0.299 e. The van der Waals surface area contributed by atoms with Crippen LogP contribution in [0.5, 0.6) is 0 Å². The highest BCUT2D eigenvalue weighted by molar-refractivity contribution is 7.88. The molecule has 2 aromatic rings. The predicted octanol–water partition coefficient (Wildman–Crippen LogP) is 3.29. The summed E-state index contributed by atoms with van der Waals surface area (Å²) < 4.78 is 27.2. The maximum absolute atomic E-state index is 12.3. The minimum absolute atomic E-state index is 0.0152. The second-order valence-electron chi connectivity index (χ2n) is 6.72. The molecule has 2 aromatic carbocycles. The molecule has 0 amide bonds. The monoisotopic (exact) mass is 358 g/mol. The van der Waals surface area contributed by atoms with Crippen LogP contribution >= 0.6 is 0 Å². The number of nitrogens with one attached hydrogen (secondary N) is 1. The zero-order valence-corrected chi connectivity index (χ0v) is 15.3. The lowest BCUT2D eigenvalue weighted by atomic mass is 10.1. The van der Waals surface area contributed by atoms with E-state index >= 15 is 0 Å². The van der Waals surface area contributed by atoms with Crippen molar-refractivity contribution in [2.24, 2.45) is 0 Å². The summed E-state index contributed by atoms with van der Waals surface area (Å²) >= 11 is 0. The van der Waals surface area contributed by atoms with Crippen LogP contribution in [0.15, 0.2) is 54.6 Å². The molecule has 1 fully saturated rings. The van der Waals surface area contributed by atoms with Gasteiger partial charge >= 0.3 is 0 Å². The molecule has 0 unspecified atom stereocenters. The maximum Gasteiger partial charge on any atom is 0.216 e. The summed E-state index contributed by atoms with van der Waals surface area (Å²) in [5, 5.41) is 0. The fourth-order valence-electron chi connectivity index (χ4n) is 3.25. The van der Waals surface area contributed by atoms with Crippen molar-refractivity contribution < 1.29 is 8.42 Å². The molecule has 1 aliphatic heterocycles. The third-order valence-electron chi connectivity index (χ3n) is 4.54. The number of hydrogen-bond acceptors (Lipinski definition) is 3. The zero-order chi connectivity index (χ0) is 17.5. The van der Waals surface area contributed by atoms with Gasteiger partial charge in [-0.2, -0.15) is 0 Å². The van der Waals surface area contributed by atoms with Crippen molar-refractivity contribution in [2.45, 2.75) is 38.1 Å². The van der Waals surface area contributed by atoms with E-state index in [1.165, 1.54) is 24.8 Å². The summed E-state index contributed by atoms with van der Waals surface area (Å²) in [6.45, 7) is 3.61. The molecule has 1 aliphatic rings. The SMILES string of the molecule is O=S(=O)(Cc1ccccc1)NCc1cccc(CN2CCCCC2)c1. The summed E-state index contributed by atoms with van der Waals surface area (Å²) in [7, 11) is -3.33. The zero-order valence-electron chi connectivity index (χ0n) is 14.5. The third-order valence-corrected chi connectivity index (χ3v) is 5.84. The fraction of sp³-hybridized carbons (Fsp3) is 0.400. The van der Waals surface area contributed by atoms with Crippen molar-refractivity contribution in [3.63, 3.8) is 0 Å². The second-order valence-corrected chi connectivity index (χ2v) is 8.53. The predicted molar refractivity (Wildman–Crippen MR) is 101 cm³/mol. The van der Waals surface area contributed by atoms with Crippen LogP contribution in [-0.4, -0.2) is 26.4 Å². The standard InChI is InChI=1S/C20H26N2O2S/c23-25(24,17-18-8-3-1-4-9-18)21-15-19-10-7-11-20(14-19)16-22-12-5-2-6-13-22/h1,3-4,7-11,14,21H,2,5-6,12-13,15-17H2. The summed E-state index contributed by atoms with van der Waals surface area (Å²) in [6, 6.07) is 17.5. The van der Waals surface area contributed by atoms with Gasteiger partial charge in [0.25, 0.3) is 0 Å². The van der Waals surface area contributed by atoms with Crippen LogP contribution < -0.4 is 4.72 Å².